The van der Waals surface area contributed by atoms with Gasteiger partial charge in [0, 0.05) is 24.0 Å². The van der Waals surface area contributed by atoms with Crippen LogP contribution in [0.25, 0.3) is 0 Å². The second kappa shape index (κ2) is 6.94. The van der Waals surface area contributed by atoms with Crippen LogP contribution >= 0.6 is 0 Å². The fourth-order valence-electron chi connectivity index (χ4n) is 1.36. The van der Waals surface area contributed by atoms with E-state index in [1.165, 1.54) is 0 Å². The van der Waals surface area contributed by atoms with Crippen molar-refractivity contribution < 1.29 is 14.6 Å². The zero-order valence-corrected chi connectivity index (χ0v) is 11.6. The van der Waals surface area contributed by atoms with Crippen LogP contribution in [0.3, 0.4) is 0 Å². The zero-order valence-electron chi connectivity index (χ0n) is 11.6. The van der Waals surface area contributed by atoms with Gasteiger partial charge in [-0.2, -0.15) is 0 Å². The molecule has 0 saturated carbocycles. The van der Waals surface area contributed by atoms with Crippen molar-refractivity contribution in [1.29, 1.82) is 0 Å². The first-order chi connectivity index (χ1) is 8.90. The Bertz CT molecular complexity index is 416. The van der Waals surface area contributed by atoms with Crippen LogP contribution in [0.5, 0.6) is 0 Å². The molecule has 0 aliphatic carbocycles. The van der Waals surface area contributed by atoms with Crippen LogP contribution in [0.15, 0.2) is 18.3 Å². The number of aliphatic hydroxyl groups excluding tert-OH is 1. The Hall–Kier alpha value is -1.82. The molecule has 0 aromatic carbocycles. The van der Waals surface area contributed by atoms with Gasteiger partial charge in [0.25, 0.3) is 0 Å². The van der Waals surface area contributed by atoms with E-state index in [2.05, 4.69) is 15.6 Å². The number of aliphatic hydroxyl groups is 1. The Morgan fingerprint density at radius 1 is 1.47 bits per heavy atom. The number of anilines is 1. The number of amides is 1. The summed E-state index contributed by atoms with van der Waals surface area (Å²) in [5.74, 6) is 0. The molecule has 6 heteroatoms. The van der Waals surface area contributed by atoms with Gasteiger partial charge in [-0.3, -0.25) is 4.98 Å². The Morgan fingerprint density at radius 2 is 2.21 bits per heavy atom. The Labute approximate surface area is 113 Å². The highest BCUT2D eigenvalue weighted by Crippen LogP contribution is 2.07. The van der Waals surface area contributed by atoms with Gasteiger partial charge in [0.05, 0.1) is 12.3 Å². The van der Waals surface area contributed by atoms with E-state index < -0.39 is 6.09 Å². The maximum Gasteiger partial charge on any atom is 0.407 e. The number of hydrogen-bond donors (Lipinski definition) is 3. The maximum absolute atomic E-state index is 11.4. The fourth-order valence-corrected chi connectivity index (χ4v) is 1.36. The second-order valence-electron chi connectivity index (χ2n) is 5.13. The molecule has 1 aromatic rings. The first-order valence-corrected chi connectivity index (χ1v) is 6.15. The quantitative estimate of drug-likeness (QED) is 0.704. The molecule has 1 aromatic heterocycles. The summed E-state index contributed by atoms with van der Waals surface area (Å²) in [5, 5.41) is 14.7. The second-order valence-corrected chi connectivity index (χ2v) is 5.13. The van der Waals surface area contributed by atoms with Crippen molar-refractivity contribution in [2.24, 2.45) is 0 Å². The van der Waals surface area contributed by atoms with Gasteiger partial charge in [-0.1, -0.05) is 0 Å². The van der Waals surface area contributed by atoms with Crippen molar-refractivity contribution in [3.8, 4) is 0 Å². The van der Waals surface area contributed by atoms with Crippen LogP contribution in [0.2, 0.25) is 0 Å². The summed E-state index contributed by atoms with van der Waals surface area (Å²) in [5.41, 5.74) is 1.13. The van der Waals surface area contributed by atoms with Gasteiger partial charge in [-0.15, -0.1) is 0 Å². The number of rotatable bonds is 5. The van der Waals surface area contributed by atoms with Crippen molar-refractivity contribution >= 4 is 11.8 Å². The molecule has 106 valence electrons. The molecule has 0 aliphatic rings. The molecular weight excluding hydrogens is 246 g/mol. The smallest absolute Gasteiger partial charge is 0.407 e. The third kappa shape index (κ3) is 6.61. The number of hydrogen-bond acceptors (Lipinski definition) is 5. The number of pyridine rings is 1. The first-order valence-electron chi connectivity index (χ1n) is 6.15. The van der Waals surface area contributed by atoms with E-state index >= 15 is 0 Å². The summed E-state index contributed by atoms with van der Waals surface area (Å²) >= 11 is 0. The molecule has 19 heavy (non-hydrogen) atoms. The van der Waals surface area contributed by atoms with Gasteiger partial charge in [-0.25, -0.2) is 4.79 Å². The highest BCUT2D eigenvalue weighted by atomic mass is 16.5. The standard InChI is InChI=1S/C13H21N3O3/c1-13(2,3)16-12(18)19-7-6-15-10-4-5-14-11(8-10)9-17/h4-5,8,17H,6-7,9H2,1-3H3,(H,14,15)(H,16,18). The molecule has 0 aliphatic heterocycles. The van der Waals surface area contributed by atoms with Gasteiger partial charge >= 0.3 is 6.09 Å². The SMILES string of the molecule is CC(C)(C)NC(=O)OCCNc1ccnc(CO)c1. The highest BCUT2D eigenvalue weighted by Gasteiger charge is 2.13. The molecule has 0 radical (unpaired) electrons. The summed E-state index contributed by atoms with van der Waals surface area (Å²) in [7, 11) is 0. The molecule has 1 heterocycles. The molecule has 0 bridgehead atoms. The number of nitrogens with zero attached hydrogens (tertiary/aromatic N) is 1. The lowest BCUT2D eigenvalue weighted by Crippen LogP contribution is -2.41. The Balaban J connectivity index is 2.25. The Morgan fingerprint density at radius 3 is 2.84 bits per heavy atom. The fraction of sp³-hybridized carbons (Fsp3) is 0.538. The summed E-state index contributed by atoms with van der Waals surface area (Å²) in [6.07, 6.45) is 1.18. The molecule has 0 fully saturated rings. The minimum Gasteiger partial charge on any atom is -0.448 e. The largest absolute Gasteiger partial charge is 0.448 e. The van der Waals surface area contributed by atoms with Gasteiger partial charge in [-0.05, 0) is 32.9 Å². The van der Waals surface area contributed by atoms with Gasteiger partial charge in [0.1, 0.15) is 6.61 Å². The van der Waals surface area contributed by atoms with E-state index in [0.717, 1.165) is 5.69 Å². The maximum atomic E-state index is 11.4. The number of carbonyl (C=O) groups excluding carboxylic acids is 1. The van der Waals surface area contributed by atoms with E-state index in [9.17, 15) is 4.79 Å². The lowest BCUT2D eigenvalue weighted by atomic mass is 10.1. The monoisotopic (exact) mass is 267 g/mol. The molecule has 0 spiro atoms. The highest BCUT2D eigenvalue weighted by molar-refractivity contribution is 5.68. The first kappa shape index (κ1) is 15.2. The average molecular weight is 267 g/mol. The normalized spacial score (nSPS) is 10.9. The van der Waals surface area contributed by atoms with Gasteiger partial charge in [0.15, 0.2) is 0 Å². The van der Waals surface area contributed by atoms with Crippen LogP contribution < -0.4 is 10.6 Å². The average Bonchev–Trinajstić information content (AvgIpc) is 2.33. The number of carbonyl (C=O) groups is 1. The summed E-state index contributed by atoms with van der Waals surface area (Å²) in [6, 6.07) is 3.53. The van der Waals surface area contributed by atoms with E-state index in [-0.39, 0.29) is 18.8 Å². The predicted molar refractivity (Wildman–Crippen MR) is 72.9 cm³/mol. The molecule has 0 unspecified atom stereocenters. The number of ether oxygens (including phenoxy) is 1. The van der Waals surface area contributed by atoms with Crippen molar-refractivity contribution in [3.05, 3.63) is 24.0 Å². The van der Waals surface area contributed by atoms with Crippen molar-refractivity contribution in [3.63, 3.8) is 0 Å². The van der Waals surface area contributed by atoms with Crippen molar-refractivity contribution in [1.82, 2.24) is 10.3 Å². The van der Waals surface area contributed by atoms with Crippen LogP contribution in [0, 0.1) is 0 Å². The summed E-state index contributed by atoms with van der Waals surface area (Å²) in [4.78, 5) is 15.3. The third-order valence-corrected chi connectivity index (χ3v) is 2.12. The molecule has 3 N–H and O–H groups in total. The van der Waals surface area contributed by atoms with Gasteiger partial charge in [0.2, 0.25) is 0 Å². The van der Waals surface area contributed by atoms with Crippen LogP contribution in [-0.2, 0) is 11.3 Å². The molecule has 6 nitrogen and oxygen atoms in total. The van der Waals surface area contributed by atoms with E-state index in [0.29, 0.717) is 12.2 Å². The van der Waals surface area contributed by atoms with Crippen LogP contribution in [0.4, 0.5) is 10.5 Å². The lowest BCUT2D eigenvalue weighted by Gasteiger charge is -2.20. The van der Waals surface area contributed by atoms with E-state index in [1.807, 2.05) is 20.8 Å². The molecule has 0 atom stereocenters. The number of aromatic nitrogens is 1. The lowest BCUT2D eigenvalue weighted by molar-refractivity contribution is 0.142. The van der Waals surface area contributed by atoms with Crippen LogP contribution in [-0.4, -0.2) is 34.9 Å². The minimum atomic E-state index is -0.430. The molecule has 0 saturated heterocycles. The predicted octanol–water partition coefficient (Wildman–Crippen LogP) is 1.51. The minimum absolute atomic E-state index is 0.0972. The number of alkyl carbamates (subject to hydrolysis) is 1. The topological polar surface area (TPSA) is 83.5 Å². The third-order valence-electron chi connectivity index (χ3n) is 2.12. The van der Waals surface area contributed by atoms with E-state index in [1.54, 1.807) is 18.3 Å². The van der Waals surface area contributed by atoms with Crippen LogP contribution in [0.1, 0.15) is 26.5 Å². The summed E-state index contributed by atoms with van der Waals surface area (Å²) in [6.45, 7) is 6.32. The summed E-state index contributed by atoms with van der Waals surface area (Å²) < 4.78 is 5.02. The Kier molecular flexibility index (Phi) is 5.57. The molecular formula is C13H21N3O3. The zero-order chi connectivity index (χ0) is 14.3. The van der Waals surface area contributed by atoms with Crippen molar-refractivity contribution in [2.45, 2.75) is 32.9 Å². The molecule has 1 rings (SSSR count). The van der Waals surface area contributed by atoms with Crippen molar-refractivity contribution in [2.75, 3.05) is 18.5 Å². The number of nitrogens with one attached hydrogen (secondary N) is 2. The van der Waals surface area contributed by atoms with E-state index in [4.69, 9.17) is 9.84 Å². The molecule has 1 amide bonds. The van der Waals surface area contributed by atoms with Gasteiger partial charge < -0.3 is 20.5 Å².